The average molecular weight is 728 g/mol. The Morgan fingerprint density at radius 2 is 1.64 bits per heavy atom. The number of halogens is 2. The maximum atomic E-state index is 14.9. The zero-order valence-electron chi connectivity index (χ0n) is 29.2. The minimum atomic E-state index is -1.32. The van der Waals surface area contributed by atoms with Crippen LogP contribution < -0.4 is 5.32 Å². The summed E-state index contributed by atoms with van der Waals surface area (Å²) in [7, 11) is 1.90. The van der Waals surface area contributed by atoms with Crippen LogP contribution in [0.3, 0.4) is 0 Å². The van der Waals surface area contributed by atoms with E-state index in [2.05, 4.69) is 15.1 Å². The summed E-state index contributed by atoms with van der Waals surface area (Å²) < 4.78 is 20.3. The Kier molecular flexibility index (Phi) is 11.9. The van der Waals surface area contributed by atoms with Gasteiger partial charge in [-0.25, -0.2) is 0 Å². The van der Waals surface area contributed by atoms with Crippen molar-refractivity contribution in [2.45, 2.75) is 83.3 Å². The number of hydrogen-bond acceptors (Lipinski definition) is 8. The molecule has 50 heavy (non-hydrogen) atoms. The van der Waals surface area contributed by atoms with Crippen LogP contribution >= 0.6 is 23.2 Å². The first-order chi connectivity index (χ1) is 24.1. The molecular formula is C38H48Cl2N4O6. The number of aromatic nitrogens is 1. The highest BCUT2D eigenvalue weighted by atomic mass is 35.5. The lowest BCUT2D eigenvalue weighted by Gasteiger charge is -2.48. The first-order valence-electron chi connectivity index (χ1n) is 18.0. The molecule has 3 heterocycles. The number of fused-ring (bicyclic) bond motifs is 1. The van der Waals surface area contributed by atoms with Crippen molar-refractivity contribution < 1.29 is 28.6 Å². The Labute approximate surface area is 304 Å². The monoisotopic (exact) mass is 726 g/mol. The van der Waals surface area contributed by atoms with E-state index in [-0.39, 0.29) is 47.2 Å². The molecule has 10 nitrogen and oxygen atoms in total. The predicted octanol–water partition coefficient (Wildman–Crippen LogP) is 6.85. The average Bonchev–Trinajstić information content (AvgIpc) is 3.88. The van der Waals surface area contributed by atoms with Crippen molar-refractivity contribution in [1.29, 1.82) is 0 Å². The van der Waals surface area contributed by atoms with Gasteiger partial charge >= 0.3 is 5.97 Å². The first kappa shape index (κ1) is 36.8. The van der Waals surface area contributed by atoms with Gasteiger partial charge in [0, 0.05) is 68.4 Å². The van der Waals surface area contributed by atoms with Crippen LogP contribution in [0.2, 0.25) is 10.0 Å². The summed E-state index contributed by atoms with van der Waals surface area (Å²) in [5, 5.41) is 4.37. The molecule has 1 amide bonds. The predicted molar refractivity (Wildman–Crippen MR) is 195 cm³/mol. The Bertz CT molecular complexity index is 1700. The van der Waals surface area contributed by atoms with E-state index in [4.69, 9.17) is 37.4 Å². The molecule has 6 rings (SSSR count). The highest BCUT2D eigenvalue weighted by molar-refractivity contribution is 6.36. The molecular weight excluding hydrogens is 679 g/mol. The van der Waals surface area contributed by atoms with Crippen molar-refractivity contribution in [3.05, 3.63) is 63.8 Å². The summed E-state index contributed by atoms with van der Waals surface area (Å²) in [6.45, 7) is 7.45. The lowest BCUT2D eigenvalue weighted by molar-refractivity contribution is -0.253. The molecule has 1 aromatic heterocycles. The highest BCUT2D eigenvalue weighted by Crippen LogP contribution is 2.39. The van der Waals surface area contributed by atoms with Crippen LogP contribution in [-0.2, 0) is 37.3 Å². The molecule has 2 saturated heterocycles. The molecule has 1 N–H and O–H groups in total. The second-order valence-electron chi connectivity index (χ2n) is 13.6. The van der Waals surface area contributed by atoms with Crippen LogP contribution in [0.25, 0.3) is 10.9 Å². The van der Waals surface area contributed by atoms with Gasteiger partial charge in [-0.05, 0) is 82.6 Å². The second-order valence-corrected chi connectivity index (χ2v) is 14.4. The third-order valence-electron chi connectivity index (χ3n) is 10.4. The van der Waals surface area contributed by atoms with Crippen molar-refractivity contribution in [1.82, 2.24) is 14.4 Å². The Morgan fingerprint density at radius 3 is 2.36 bits per heavy atom. The van der Waals surface area contributed by atoms with E-state index in [1.807, 2.05) is 49.7 Å². The fraction of sp³-hybridized carbons (Fsp3) is 0.553. The molecule has 1 unspecified atom stereocenters. The van der Waals surface area contributed by atoms with E-state index >= 15 is 0 Å². The molecule has 3 fully saturated rings. The molecule has 12 heteroatoms. The normalized spacial score (nSPS) is 22.9. The number of carbonyl (C=O) groups is 3. The van der Waals surface area contributed by atoms with Gasteiger partial charge in [0.15, 0.2) is 5.78 Å². The zero-order valence-corrected chi connectivity index (χ0v) is 30.7. The summed E-state index contributed by atoms with van der Waals surface area (Å²) in [4.78, 5) is 45.2. The van der Waals surface area contributed by atoms with Gasteiger partial charge in [0.2, 0.25) is 5.85 Å². The lowest BCUT2D eigenvalue weighted by Crippen LogP contribution is -2.67. The molecule has 2 atom stereocenters. The quantitative estimate of drug-likeness (QED) is 0.191. The maximum absolute atomic E-state index is 14.9. The third kappa shape index (κ3) is 7.61. The molecule has 3 aromatic rings. The number of anilines is 1. The number of rotatable bonds is 13. The largest absolute Gasteiger partial charge is 0.466 e. The van der Waals surface area contributed by atoms with E-state index in [0.717, 1.165) is 43.3 Å². The van der Waals surface area contributed by atoms with Crippen LogP contribution in [0, 0.1) is 5.92 Å². The van der Waals surface area contributed by atoms with Crippen LogP contribution in [0.4, 0.5) is 5.69 Å². The van der Waals surface area contributed by atoms with Crippen LogP contribution in [0.1, 0.15) is 74.7 Å². The number of benzene rings is 2. The number of para-hydroxylation sites is 1. The van der Waals surface area contributed by atoms with Crippen LogP contribution in [-0.4, -0.2) is 89.5 Å². The Hall–Kier alpha value is -2.99. The fourth-order valence-corrected chi connectivity index (χ4v) is 8.36. The van der Waals surface area contributed by atoms with E-state index in [1.165, 1.54) is 0 Å². The van der Waals surface area contributed by atoms with Gasteiger partial charge in [0.1, 0.15) is 0 Å². The van der Waals surface area contributed by atoms with E-state index in [9.17, 15) is 14.4 Å². The van der Waals surface area contributed by atoms with Gasteiger partial charge in [0.05, 0.1) is 41.0 Å². The number of carbonyl (C=O) groups excluding carboxylic acids is 3. The summed E-state index contributed by atoms with van der Waals surface area (Å²) in [5.41, 5.74) is 2.39. The minimum Gasteiger partial charge on any atom is -0.466 e. The molecule has 1 aliphatic carbocycles. The van der Waals surface area contributed by atoms with E-state index in [1.54, 1.807) is 18.3 Å². The van der Waals surface area contributed by atoms with Crippen molar-refractivity contribution >= 4 is 57.5 Å². The molecule has 0 radical (unpaired) electrons. The zero-order chi connectivity index (χ0) is 35.4. The molecule has 2 aromatic carbocycles. The molecule has 2 aliphatic heterocycles. The summed E-state index contributed by atoms with van der Waals surface area (Å²) >= 11 is 13.7. The number of nitrogens with zero attached hydrogens (tertiary/aromatic N) is 3. The number of Topliss-reactive ketones (excluding diaryl/α,β-unsaturated/α-hetero) is 1. The van der Waals surface area contributed by atoms with Gasteiger partial charge in [-0.3, -0.25) is 24.2 Å². The maximum Gasteiger partial charge on any atom is 0.308 e. The Morgan fingerprint density at radius 1 is 0.900 bits per heavy atom. The standard InChI is InChI=1S/C38H48Cl2N4O6/c1-4-48-28-16-19-44(23-28)38(43-17-8-9-18-43,50-27-14-12-25(13-15-27)37(47)49-5-2)35(45)21-26-20-32(40)33(22-31(26)39)41-36(46)30-24-42(3)34-11-7-6-10-29(30)34/h6-7,10-11,20,22,24-25,27-28H,4-5,8-9,12-19,21,23H2,1-3H3,(H,41,46)/t25?,27?,28-,38?/m0/s1. The molecule has 270 valence electrons. The van der Waals surface area contributed by atoms with Crippen molar-refractivity contribution in [3.63, 3.8) is 0 Å². The highest BCUT2D eigenvalue weighted by Gasteiger charge is 2.54. The van der Waals surface area contributed by atoms with Gasteiger partial charge in [-0.15, -0.1) is 0 Å². The van der Waals surface area contributed by atoms with Gasteiger partial charge < -0.3 is 24.1 Å². The number of esters is 1. The molecule has 0 spiro atoms. The topological polar surface area (TPSA) is 102 Å². The van der Waals surface area contributed by atoms with Crippen molar-refractivity contribution in [2.75, 3.05) is 44.7 Å². The summed E-state index contributed by atoms with van der Waals surface area (Å²) in [6.07, 6.45) is 6.93. The van der Waals surface area contributed by atoms with Gasteiger partial charge in [-0.1, -0.05) is 41.4 Å². The molecule has 0 bridgehead atoms. The molecule has 1 saturated carbocycles. The fourth-order valence-electron chi connectivity index (χ4n) is 7.89. The Balaban J connectivity index is 1.26. The smallest absolute Gasteiger partial charge is 0.308 e. The number of amides is 1. The van der Waals surface area contributed by atoms with Crippen molar-refractivity contribution in [3.8, 4) is 0 Å². The number of nitrogens with one attached hydrogen (secondary N) is 1. The third-order valence-corrected chi connectivity index (χ3v) is 11.0. The first-order valence-corrected chi connectivity index (χ1v) is 18.7. The number of hydrogen-bond donors (Lipinski definition) is 1. The SMILES string of the molecule is CCOC(=O)C1CCC(OC(C(=O)Cc2cc(Cl)c(NC(=O)c3cn(C)c4ccccc34)cc2Cl)(N2CCCC2)N2CC[C@H](OCC)C2)CC1. The van der Waals surface area contributed by atoms with Crippen molar-refractivity contribution in [2.24, 2.45) is 13.0 Å². The minimum absolute atomic E-state index is 0.000547. The number of ether oxygens (including phenoxy) is 3. The molecule has 3 aliphatic rings. The number of ketones is 1. The van der Waals surface area contributed by atoms with E-state index < -0.39 is 5.85 Å². The number of aryl methyl sites for hydroxylation is 1. The summed E-state index contributed by atoms with van der Waals surface area (Å²) in [5.74, 6) is -2.05. The number of likely N-dealkylation sites (tertiary alicyclic amines) is 2. The van der Waals surface area contributed by atoms with Crippen LogP contribution in [0.5, 0.6) is 0 Å². The lowest BCUT2D eigenvalue weighted by atomic mass is 9.87. The van der Waals surface area contributed by atoms with Gasteiger partial charge in [0.25, 0.3) is 5.91 Å². The summed E-state index contributed by atoms with van der Waals surface area (Å²) in [6, 6.07) is 11.0. The van der Waals surface area contributed by atoms with Gasteiger partial charge in [-0.2, -0.15) is 0 Å². The van der Waals surface area contributed by atoms with Crippen LogP contribution in [0.15, 0.2) is 42.6 Å². The van der Waals surface area contributed by atoms with E-state index in [0.29, 0.717) is 73.8 Å². The second kappa shape index (κ2) is 16.1.